The van der Waals surface area contributed by atoms with E-state index in [2.05, 4.69) is 4.57 Å². The predicted octanol–water partition coefficient (Wildman–Crippen LogP) is 14.8. The maximum absolute atomic E-state index is 13.4. The highest BCUT2D eigenvalue weighted by Crippen LogP contribution is 2.40. The standard InChI is InChI=1S/C18H17NO3.C17H14FNO2.C17H15NO2.C16H13NO/c1-19-15-10-17(22-3)16(21-2)9-13(15)14(11-20)18(19)12-7-5-4-6-8-12;1-19-16-9-12(18)5-8-14(16)15(10-20)17(19)11-3-6-13(21-2)7-4-11;1-18-16-10-13(20-2)8-9-14(16)15(11-19)17(18)12-6-4-3-5-7-12;1-17-15-10-6-5-9-13(15)14(11-18)16(17)12-7-3-2-4-8-12/h4-11H,1-3H3;3-10H,1-2H3;3-11H,1-2H3;2-11H,1H3. The van der Waals surface area contributed by atoms with E-state index < -0.39 is 0 Å². The third-order valence-electron chi connectivity index (χ3n) is 14.5. The van der Waals surface area contributed by atoms with Gasteiger partial charge < -0.3 is 37.2 Å². The van der Waals surface area contributed by atoms with Gasteiger partial charge in [0, 0.05) is 89.6 Å². The number of aryl methyl sites for hydroxylation is 4. The van der Waals surface area contributed by atoms with E-state index in [1.54, 1.807) is 34.5 Å². The highest BCUT2D eigenvalue weighted by Gasteiger charge is 2.21. The number of nitrogens with zero attached hydrogens (tertiary/aromatic N) is 4. The first-order valence-electron chi connectivity index (χ1n) is 25.8. The van der Waals surface area contributed by atoms with Gasteiger partial charge in [0.25, 0.3) is 0 Å². The quantitative estimate of drug-likeness (QED) is 0.111. The summed E-state index contributed by atoms with van der Waals surface area (Å²) in [7, 11) is 14.2. The van der Waals surface area contributed by atoms with E-state index in [0.717, 1.165) is 131 Å². The van der Waals surface area contributed by atoms with Crippen LogP contribution in [0.25, 0.3) is 88.6 Å². The summed E-state index contributed by atoms with van der Waals surface area (Å²) in [5, 5.41) is 3.56. The Morgan fingerprint density at radius 1 is 0.321 bits per heavy atom. The number of carbonyl (C=O) groups excluding carboxylic acids is 4. The van der Waals surface area contributed by atoms with Crippen molar-refractivity contribution in [1.29, 1.82) is 0 Å². The smallest absolute Gasteiger partial charge is 0.162 e. The number of methoxy groups -OCH3 is 4. The number of halogens is 1. The molecule has 12 aromatic rings. The molecule has 4 heterocycles. The molecule has 81 heavy (non-hydrogen) atoms. The van der Waals surface area contributed by atoms with Gasteiger partial charge in [0.1, 0.15) is 17.3 Å². The Labute approximate surface area is 468 Å². The van der Waals surface area contributed by atoms with Gasteiger partial charge in [0.15, 0.2) is 36.6 Å². The van der Waals surface area contributed by atoms with E-state index >= 15 is 0 Å². The molecule has 0 aliphatic heterocycles. The summed E-state index contributed by atoms with van der Waals surface area (Å²) < 4.78 is 42.5. The lowest BCUT2D eigenvalue weighted by molar-refractivity contribution is 0.111. The number of para-hydroxylation sites is 1. The Morgan fingerprint density at radius 3 is 1.11 bits per heavy atom. The van der Waals surface area contributed by atoms with Gasteiger partial charge in [0.05, 0.1) is 67.8 Å². The van der Waals surface area contributed by atoms with Gasteiger partial charge in [-0.3, -0.25) is 19.2 Å². The summed E-state index contributed by atoms with van der Waals surface area (Å²) in [6.07, 6.45) is 3.60. The fraction of sp³-hybridized carbons (Fsp3) is 0.118. The van der Waals surface area contributed by atoms with Crippen LogP contribution in [0.5, 0.6) is 23.0 Å². The molecule has 0 amide bonds. The number of carbonyl (C=O) groups is 4. The minimum absolute atomic E-state index is 0.318. The Bertz CT molecular complexity index is 4230. The lowest BCUT2D eigenvalue weighted by Gasteiger charge is -2.08. The molecule has 4 aromatic heterocycles. The zero-order valence-corrected chi connectivity index (χ0v) is 46.1. The third kappa shape index (κ3) is 10.7. The van der Waals surface area contributed by atoms with Crippen molar-refractivity contribution >= 4 is 68.8 Å². The lowest BCUT2D eigenvalue weighted by atomic mass is 10.1. The topological polar surface area (TPSA) is 125 Å². The van der Waals surface area contributed by atoms with Crippen molar-refractivity contribution in [2.24, 2.45) is 28.2 Å². The fourth-order valence-electron chi connectivity index (χ4n) is 10.6. The third-order valence-corrected chi connectivity index (χ3v) is 14.5. The van der Waals surface area contributed by atoms with Gasteiger partial charge in [-0.15, -0.1) is 0 Å². The van der Waals surface area contributed by atoms with E-state index in [9.17, 15) is 23.6 Å². The molecule has 0 fully saturated rings. The van der Waals surface area contributed by atoms with Crippen LogP contribution in [-0.2, 0) is 28.2 Å². The molecule has 0 atom stereocenters. The van der Waals surface area contributed by atoms with Gasteiger partial charge >= 0.3 is 0 Å². The Morgan fingerprint density at radius 2 is 0.667 bits per heavy atom. The second kappa shape index (κ2) is 24.6. The molecule has 406 valence electrons. The molecular formula is C68H59FN4O8. The minimum atomic E-state index is -0.318. The van der Waals surface area contributed by atoms with Crippen LogP contribution in [0.1, 0.15) is 41.4 Å². The minimum Gasteiger partial charge on any atom is -0.497 e. The lowest BCUT2D eigenvalue weighted by Crippen LogP contribution is -1.94. The van der Waals surface area contributed by atoms with Crippen LogP contribution in [0.4, 0.5) is 4.39 Å². The summed E-state index contributed by atoms with van der Waals surface area (Å²) in [6.45, 7) is 0. The average molecular weight is 1080 g/mol. The van der Waals surface area contributed by atoms with Crippen molar-refractivity contribution in [3.05, 3.63) is 216 Å². The second-order valence-corrected chi connectivity index (χ2v) is 18.9. The summed E-state index contributed by atoms with van der Waals surface area (Å²) in [5.74, 6) is 2.48. The van der Waals surface area contributed by atoms with Crippen LogP contribution in [0, 0.1) is 5.82 Å². The van der Waals surface area contributed by atoms with Gasteiger partial charge in [-0.2, -0.15) is 0 Å². The van der Waals surface area contributed by atoms with Crippen molar-refractivity contribution in [2.45, 2.75) is 0 Å². The number of hydrogen-bond donors (Lipinski definition) is 0. The van der Waals surface area contributed by atoms with E-state index in [4.69, 9.17) is 18.9 Å². The molecule has 0 bridgehead atoms. The Balaban J connectivity index is 0.000000131. The van der Waals surface area contributed by atoms with Gasteiger partial charge in [0.2, 0.25) is 0 Å². The fourth-order valence-corrected chi connectivity index (χ4v) is 10.6. The van der Waals surface area contributed by atoms with Crippen molar-refractivity contribution in [3.63, 3.8) is 0 Å². The van der Waals surface area contributed by atoms with Crippen LogP contribution in [0.2, 0.25) is 0 Å². The molecule has 12 nitrogen and oxygen atoms in total. The molecule has 12 rings (SSSR count). The molecule has 0 spiro atoms. The SMILES string of the molecule is COc1cc2c(C=O)c(-c3ccccc3)n(C)c2cc1OC.COc1ccc(-c2c(C=O)c3ccc(F)cc3n2C)cc1.COc1ccc2c(C=O)c(-c3ccccc3)n(C)c2c1.Cn1c(-c2ccccc2)c(C=O)c2ccccc21. The van der Waals surface area contributed by atoms with Crippen molar-refractivity contribution in [3.8, 4) is 68.0 Å². The number of fused-ring (bicyclic) bond motifs is 4. The first-order valence-corrected chi connectivity index (χ1v) is 25.8. The summed E-state index contributed by atoms with van der Waals surface area (Å²) in [4.78, 5) is 46.2. The number of aldehydes is 4. The van der Waals surface area contributed by atoms with Crippen LogP contribution in [-0.4, -0.2) is 71.9 Å². The van der Waals surface area contributed by atoms with Crippen LogP contribution in [0.15, 0.2) is 188 Å². The van der Waals surface area contributed by atoms with Gasteiger partial charge in [-0.25, -0.2) is 4.39 Å². The second-order valence-electron chi connectivity index (χ2n) is 18.9. The molecular weight excluding hydrogens is 1020 g/mol. The van der Waals surface area contributed by atoms with Crippen molar-refractivity contribution < 1.29 is 42.5 Å². The predicted molar refractivity (Wildman–Crippen MR) is 321 cm³/mol. The van der Waals surface area contributed by atoms with Gasteiger partial charge in [-0.05, 0) is 89.0 Å². The maximum Gasteiger partial charge on any atom is 0.162 e. The normalized spacial score (nSPS) is 10.7. The number of rotatable bonds is 12. The molecule has 0 unspecified atom stereocenters. The highest BCUT2D eigenvalue weighted by molar-refractivity contribution is 6.08. The van der Waals surface area contributed by atoms with E-state index in [1.807, 2.05) is 212 Å². The van der Waals surface area contributed by atoms with Crippen LogP contribution < -0.4 is 18.9 Å². The molecule has 13 heteroatoms. The zero-order chi connectivity index (χ0) is 57.3. The highest BCUT2D eigenvalue weighted by atomic mass is 19.1. The van der Waals surface area contributed by atoms with E-state index in [1.165, 1.54) is 12.1 Å². The zero-order valence-electron chi connectivity index (χ0n) is 46.1. The number of hydrogen-bond acceptors (Lipinski definition) is 8. The molecule has 8 aromatic carbocycles. The van der Waals surface area contributed by atoms with E-state index in [0.29, 0.717) is 28.1 Å². The van der Waals surface area contributed by atoms with E-state index in [-0.39, 0.29) is 5.82 Å². The Kier molecular flexibility index (Phi) is 16.8. The average Bonchev–Trinajstić information content (AvgIpc) is 4.26. The molecule has 0 saturated carbocycles. The Hall–Kier alpha value is -10.3. The summed E-state index contributed by atoms with van der Waals surface area (Å²) in [5.41, 5.74) is 14.0. The van der Waals surface area contributed by atoms with Gasteiger partial charge in [-0.1, -0.05) is 109 Å². The van der Waals surface area contributed by atoms with Crippen LogP contribution in [0.3, 0.4) is 0 Å². The molecule has 0 aliphatic rings. The monoisotopic (exact) mass is 1080 g/mol. The maximum atomic E-state index is 13.4. The number of benzene rings is 8. The van der Waals surface area contributed by atoms with Crippen molar-refractivity contribution in [1.82, 2.24) is 18.3 Å². The van der Waals surface area contributed by atoms with Crippen LogP contribution >= 0.6 is 0 Å². The molecule has 0 aliphatic carbocycles. The molecule has 0 saturated heterocycles. The summed E-state index contributed by atoms with van der Waals surface area (Å²) in [6, 6.07) is 59.2. The number of aromatic nitrogens is 4. The molecule has 0 N–H and O–H groups in total. The largest absolute Gasteiger partial charge is 0.497 e. The van der Waals surface area contributed by atoms with Crippen molar-refractivity contribution in [2.75, 3.05) is 28.4 Å². The molecule has 0 radical (unpaired) electrons. The number of ether oxygens (including phenoxy) is 4. The first-order chi connectivity index (χ1) is 39.4. The first kappa shape index (κ1) is 55.5. The summed E-state index contributed by atoms with van der Waals surface area (Å²) >= 11 is 0.